The van der Waals surface area contributed by atoms with Crippen LogP contribution in [0.2, 0.25) is 0 Å². The third kappa shape index (κ3) is 5.81. The van der Waals surface area contributed by atoms with Crippen LogP contribution in [0.15, 0.2) is 27.9 Å². The molecule has 1 amide bonds. The molecule has 0 spiro atoms. The lowest BCUT2D eigenvalue weighted by molar-refractivity contribution is -0.144. The average Bonchev–Trinajstić information content (AvgIpc) is 3.39. The van der Waals surface area contributed by atoms with Crippen LogP contribution >= 0.6 is 34.4 Å². The van der Waals surface area contributed by atoms with Crippen LogP contribution in [0, 0.1) is 0 Å². The van der Waals surface area contributed by atoms with Gasteiger partial charge in [-0.1, -0.05) is 23.1 Å². The SMILES string of the molecule is COc1ccc(-c2csc(NC(=O)COC(=O)CSc3nnc(N)s3)n2)cc1OC. The van der Waals surface area contributed by atoms with Crippen molar-refractivity contribution >= 4 is 56.6 Å². The Kier molecular flexibility index (Phi) is 7.43. The number of carbonyl (C=O) groups excluding carboxylic acids is 2. The smallest absolute Gasteiger partial charge is 0.316 e. The molecule has 158 valence electrons. The lowest BCUT2D eigenvalue weighted by Crippen LogP contribution is -2.21. The fourth-order valence-corrected chi connectivity index (χ4v) is 4.37. The first-order chi connectivity index (χ1) is 14.5. The number of thiazole rings is 1. The Bertz CT molecular complexity index is 1040. The Hall–Kier alpha value is -2.90. The minimum Gasteiger partial charge on any atom is -0.493 e. The molecule has 0 saturated heterocycles. The number of nitrogens with two attached hydrogens (primary N) is 1. The van der Waals surface area contributed by atoms with Gasteiger partial charge in [-0.2, -0.15) is 0 Å². The Morgan fingerprint density at radius 2 is 2.00 bits per heavy atom. The monoisotopic (exact) mass is 467 g/mol. The molecular formula is C17H17N5O5S3. The summed E-state index contributed by atoms with van der Waals surface area (Å²) in [4.78, 5) is 28.1. The summed E-state index contributed by atoms with van der Waals surface area (Å²) >= 11 is 3.57. The Morgan fingerprint density at radius 3 is 2.70 bits per heavy atom. The number of nitrogens with zero attached hydrogens (tertiary/aromatic N) is 3. The van der Waals surface area contributed by atoms with Gasteiger partial charge in [-0.15, -0.1) is 21.5 Å². The van der Waals surface area contributed by atoms with Crippen molar-refractivity contribution in [1.82, 2.24) is 15.2 Å². The number of benzene rings is 1. The van der Waals surface area contributed by atoms with Crippen LogP contribution in [0.25, 0.3) is 11.3 Å². The first-order valence-corrected chi connectivity index (χ1v) is 11.0. The third-order valence-electron chi connectivity index (χ3n) is 3.53. The predicted octanol–water partition coefficient (Wildman–Crippen LogP) is 2.54. The molecule has 0 atom stereocenters. The first-order valence-electron chi connectivity index (χ1n) is 8.33. The van der Waals surface area contributed by atoms with Crippen molar-refractivity contribution in [2.24, 2.45) is 0 Å². The number of nitrogens with one attached hydrogen (secondary N) is 1. The van der Waals surface area contributed by atoms with Gasteiger partial charge in [-0.25, -0.2) is 4.98 Å². The molecule has 3 aromatic rings. The molecule has 0 aliphatic rings. The lowest BCUT2D eigenvalue weighted by atomic mass is 10.1. The molecule has 2 aromatic heterocycles. The number of hydrogen-bond donors (Lipinski definition) is 2. The Balaban J connectivity index is 1.49. The zero-order valence-electron chi connectivity index (χ0n) is 15.9. The van der Waals surface area contributed by atoms with E-state index >= 15 is 0 Å². The minimum atomic E-state index is -0.547. The van der Waals surface area contributed by atoms with E-state index < -0.39 is 18.5 Å². The molecule has 30 heavy (non-hydrogen) atoms. The van der Waals surface area contributed by atoms with Gasteiger partial charge in [-0.3, -0.25) is 14.9 Å². The normalized spacial score (nSPS) is 10.5. The molecule has 1 aromatic carbocycles. The molecule has 0 fully saturated rings. The van der Waals surface area contributed by atoms with Crippen LogP contribution < -0.4 is 20.5 Å². The van der Waals surface area contributed by atoms with E-state index in [9.17, 15) is 9.59 Å². The van der Waals surface area contributed by atoms with Crippen molar-refractivity contribution in [3.63, 3.8) is 0 Å². The summed E-state index contributed by atoms with van der Waals surface area (Å²) in [7, 11) is 3.11. The van der Waals surface area contributed by atoms with Gasteiger partial charge in [0.05, 0.1) is 25.7 Å². The molecule has 10 nitrogen and oxygen atoms in total. The van der Waals surface area contributed by atoms with Crippen molar-refractivity contribution < 1.29 is 23.8 Å². The number of aromatic nitrogens is 3. The summed E-state index contributed by atoms with van der Waals surface area (Å²) in [6.07, 6.45) is 0. The molecule has 0 unspecified atom stereocenters. The number of thioether (sulfide) groups is 1. The van der Waals surface area contributed by atoms with Crippen molar-refractivity contribution in [3.8, 4) is 22.8 Å². The second-order valence-corrected chi connectivity index (χ2v) is 8.60. The van der Waals surface area contributed by atoms with Crippen LogP contribution in [0.5, 0.6) is 11.5 Å². The number of esters is 1. The zero-order valence-corrected chi connectivity index (χ0v) is 18.4. The second-order valence-electron chi connectivity index (χ2n) is 5.51. The van der Waals surface area contributed by atoms with Crippen molar-refractivity contribution in [2.45, 2.75) is 4.34 Å². The van der Waals surface area contributed by atoms with E-state index in [2.05, 4.69) is 20.5 Å². The Labute approximate surface area is 183 Å². The highest BCUT2D eigenvalue weighted by Gasteiger charge is 2.13. The van der Waals surface area contributed by atoms with Crippen molar-refractivity contribution in [1.29, 1.82) is 0 Å². The molecule has 0 saturated carbocycles. The van der Waals surface area contributed by atoms with Gasteiger partial charge in [-0.05, 0) is 18.2 Å². The standard InChI is InChI=1S/C17H17N5O5S3/c1-25-11-4-3-9(5-12(11)26-2)10-7-28-16(19-10)20-13(23)6-27-14(24)8-29-17-22-21-15(18)30-17/h3-5,7H,6,8H2,1-2H3,(H2,18,21)(H,19,20,23). The highest BCUT2D eigenvalue weighted by molar-refractivity contribution is 8.01. The lowest BCUT2D eigenvalue weighted by Gasteiger charge is -2.08. The number of ether oxygens (including phenoxy) is 3. The molecule has 0 aliphatic carbocycles. The van der Waals surface area contributed by atoms with Crippen LogP contribution in [-0.4, -0.2) is 53.6 Å². The number of anilines is 2. The summed E-state index contributed by atoms with van der Waals surface area (Å²) in [6.45, 7) is -0.414. The number of methoxy groups -OCH3 is 2. The molecule has 3 rings (SSSR count). The maximum Gasteiger partial charge on any atom is 0.316 e. The van der Waals surface area contributed by atoms with Crippen molar-refractivity contribution in [2.75, 3.05) is 37.6 Å². The first kappa shape index (κ1) is 21.8. The van der Waals surface area contributed by atoms with E-state index in [0.29, 0.717) is 31.8 Å². The van der Waals surface area contributed by atoms with Crippen molar-refractivity contribution in [3.05, 3.63) is 23.6 Å². The number of amides is 1. The summed E-state index contributed by atoms with van der Waals surface area (Å²) in [5.41, 5.74) is 6.95. The van der Waals surface area contributed by atoms with E-state index in [-0.39, 0.29) is 5.75 Å². The zero-order chi connectivity index (χ0) is 21.5. The highest BCUT2D eigenvalue weighted by atomic mass is 32.2. The minimum absolute atomic E-state index is 0.00260. The maximum absolute atomic E-state index is 12.0. The Morgan fingerprint density at radius 1 is 1.20 bits per heavy atom. The molecule has 2 heterocycles. The summed E-state index contributed by atoms with van der Waals surface area (Å²) < 4.78 is 16.0. The summed E-state index contributed by atoms with van der Waals surface area (Å²) in [5.74, 6) is 0.160. The van der Waals surface area contributed by atoms with Crippen LogP contribution in [-0.2, 0) is 14.3 Å². The number of carbonyl (C=O) groups is 2. The van der Waals surface area contributed by atoms with Gasteiger partial charge in [0.15, 0.2) is 27.6 Å². The number of hydrogen-bond acceptors (Lipinski definition) is 12. The van der Waals surface area contributed by atoms with Gasteiger partial charge in [0.1, 0.15) is 0 Å². The van der Waals surface area contributed by atoms with Crippen LogP contribution in [0.4, 0.5) is 10.3 Å². The average molecular weight is 468 g/mol. The quantitative estimate of drug-likeness (QED) is 0.356. The van der Waals surface area contributed by atoms with E-state index in [1.165, 1.54) is 22.7 Å². The van der Waals surface area contributed by atoms with E-state index in [4.69, 9.17) is 19.9 Å². The van der Waals surface area contributed by atoms with Crippen LogP contribution in [0.3, 0.4) is 0 Å². The van der Waals surface area contributed by atoms with E-state index in [0.717, 1.165) is 17.3 Å². The molecule has 13 heteroatoms. The number of nitrogen functional groups attached to an aromatic ring is 1. The predicted molar refractivity (Wildman–Crippen MR) is 115 cm³/mol. The third-order valence-corrected chi connectivity index (χ3v) is 6.15. The van der Waals surface area contributed by atoms with Gasteiger partial charge >= 0.3 is 5.97 Å². The van der Waals surface area contributed by atoms with Gasteiger partial charge in [0, 0.05) is 10.9 Å². The van der Waals surface area contributed by atoms with Gasteiger partial charge < -0.3 is 19.9 Å². The van der Waals surface area contributed by atoms with Gasteiger partial charge in [0.2, 0.25) is 5.13 Å². The fourth-order valence-electron chi connectivity index (χ4n) is 2.20. The fraction of sp³-hybridized carbons (Fsp3) is 0.235. The largest absolute Gasteiger partial charge is 0.493 e. The summed E-state index contributed by atoms with van der Waals surface area (Å²) in [5, 5.41) is 12.5. The molecule has 0 radical (unpaired) electrons. The van der Waals surface area contributed by atoms with E-state index in [1.54, 1.807) is 31.7 Å². The molecule has 3 N–H and O–H groups in total. The summed E-state index contributed by atoms with van der Waals surface area (Å²) in [6, 6.07) is 5.41. The topological polar surface area (TPSA) is 139 Å². The molecular weight excluding hydrogens is 450 g/mol. The highest BCUT2D eigenvalue weighted by Crippen LogP contribution is 2.33. The van der Waals surface area contributed by atoms with Gasteiger partial charge in [0.25, 0.3) is 5.91 Å². The molecule has 0 aliphatic heterocycles. The number of rotatable bonds is 9. The van der Waals surface area contributed by atoms with Crippen LogP contribution in [0.1, 0.15) is 0 Å². The molecule has 0 bridgehead atoms. The van der Waals surface area contributed by atoms with E-state index in [1.807, 2.05) is 6.07 Å². The second kappa shape index (κ2) is 10.2. The maximum atomic E-state index is 12.0.